The van der Waals surface area contributed by atoms with Crippen molar-refractivity contribution >= 4 is 34.1 Å². The summed E-state index contributed by atoms with van der Waals surface area (Å²) in [5, 5.41) is 11.2. The predicted molar refractivity (Wildman–Crippen MR) is 92.6 cm³/mol. The van der Waals surface area contributed by atoms with Crippen LogP contribution in [0.5, 0.6) is 11.5 Å². The number of nitrogens with one attached hydrogen (secondary N) is 1. The molecule has 0 aliphatic carbocycles. The van der Waals surface area contributed by atoms with Gasteiger partial charge in [0, 0.05) is 5.75 Å². The maximum atomic E-state index is 12.1. The van der Waals surface area contributed by atoms with Crippen LogP contribution in [0.4, 0.5) is 5.13 Å². The van der Waals surface area contributed by atoms with Crippen LogP contribution >= 0.6 is 23.1 Å². The van der Waals surface area contributed by atoms with Crippen molar-refractivity contribution in [2.45, 2.75) is 30.7 Å². The Hall–Kier alpha value is -1.80. The second kappa shape index (κ2) is 8.73. The summed E-state index contributed by atoms with van der Waals surface area (Å²) in [5.74, 6) is 2.06. The number of rotatable bonds is 8. The second-order valence-electron chi connectivity index (χ2n) is 4.65. The molecule has 0 bridgehead atoms. The quantitative estimate of drug-likeness (QED) is 0.579. The summed E-state index contributed by atoms with van der Waals surface area (Å²) in [6.07, 6.45) is 0.428. The highest BCUT2D eigenvalue weighted by Crippen LogP contribution is 2.26. The van der Waals surface area contributed by atoms with E-state index < -0.39 is 6.10 Å². The monoisotopic (exact) mass is 353 g/mol. The van der Waals surface area contributed by atoms with Gasteiger partial charge >= 0.3 is 0 Å². The highest BCUT2D eigenvalue weighted by molar-refractivity contribution is 8.01. The van der Waals surface area contributed by atoms with Crippen molar-refractivity contribution in [2.75, 3.05) is 18.2 Å². The smallest absolute Gasteiger partial charge is 0.266 e. The van der Waals surface area contributed by atoms with Crippen molar-refractivity contribution < 1.29 is 14.3 Å². The third kappa shape index (κ3) is 5.40. The van der Waals surface area contributed by atoms with E-state index in [9.17, 15) is 4.79 Å². The zero-order valence-electron chi connectivity index (χ0n) is 13.2. The van der Waals surface area contributed by atoms with Gasteiger partial charge in [-0.15, -0.1) is 10.2 Å². The van der Waals surface area contributed by atoms with E-state index in [0.717, 1.165) is 22.3 Å². The number of aromatic nitrogens is 2. The summed E-state index contributed by atoms with van der Waals surface area (Å²) in [4.78, 5) is 12.1. The van der Waals surface area contributed by atoms with E-state index in [0.29, 0.717) is 10.9 Å². The van der Waals surface area contributed by atoms with Gasteiger partial charge in [-0.3, -0.25) is 10.1 Å². The number of amides is 1. The highest BCUT2D eigenvalue weighted by atomic mass is 32.2. The van der Waals surface area contributed by atoms with Crippen molar-refractivity contribution in [3.63, 3.8) is 0 Å². The van der Waals surface area contributed by atoms with Crippen molar-refractivity contribution in [1.82, 2.24) is 10.2 Å². The van der Waals surface area contributed by atoms with E-state index in [1.165, 1.54) is 11.3 Å². The number of ether oxygens (including phenoxy) is 2. The lowest BCUT2D eigenvalue weighted by Gasteiger charge is -2.13. The van der Waals surface area contributed by atoms with Crippen LogP contribution < -0.4 is 14.8 Å². The molecule has 1 atom stereocenters. The van der Waals surface area contributed by atoms with Gasteiger partial charge in [0.25, 0.3) is 5.91 Å². The van der Waals surface area contributed by atoms with Gasteiger partial charge in [-0.25, -0.2) is 0 Å². The number of anilines is 1. The molecule has 0 saturated carbocycles. The molecule has 1 N–H and O–H groups in total. The number of carbonyl (C=O) groups is 1. The average molecular weight is 353 g/mol. The molecule has 0 aliphatic rings. The number of methoxy groups -OCH3 is 1. The number of benzene rings is 1. The van der Waals surface area contributed by atoms with Gasteiger partial charge in [-0.2, -0.15) is 0 Å². The fourth-order valence-corrected chi connectivity index (χ4v) is 3.31. The lowest BCUT2D eigenvalue weighted by Crippen LogP contribution is -2.30. The maximum absolute atomic E-state index is 12.1. The van der Waals surface area contributed by atoms with Gasteiger partial charge in [0.1, 0.15) is 11.5 Å². The molecule has 0 saturated heterocycles. The first-order chi connectivity index (χ1) is 11.1. The molecule has 1 aromatic carbocycles. The summed E-state index contributed by atoms with van der Waals surface area (Å²) < 4.78 is 11.5. The van der Waals surface area contributed by atoms with Crippen molar-refractivity contribution in [3.05, 3.63) is 24.3 Å². The van der Waals surface area contributed by atoms with E-state index in [2.05, 4.69) is 22.4 Å². The molecule has 1 heterocycles. The van der Waals surface area contributed by atoms with Gasteiger partial charge in [-0.05, 0) is 37.6 Å². The topological polar surface area (TPSA) is 73.3 Å². The zero-order valence-corrected chi connectivity index (χ0v) is 14.9. The van der Waals surface area contributed by atoms with Crippen molar-refractivity contribution in [1.29, 1.82) is 0 Å². The van der Waals surface area contributed by atoms with Gasteiger partial charge in [0.2, 0.25) is 5.13 Å². The molecule has 1 amide bonds. The molecule has 0 spiro atoms. The first-order valence-corrected chi connectivity index (χ1v) is 9.00. The molecule has 2 aromatic rings. The van der Waals surface area contributed by atoms with Crippen molar-refractivity contribution in [3.8, 4) is 11.5 Å². The minimum absolute atomic E-state index is 0.260. The molecule has 23 heavy (non-hydrogen) atoms. The van der Waals surface area contributed by atoms with Crippen LogP contribution in [-0.2, 0) is 4.79 Å². The Bertz CT molecular complexity index is 631. The molecule has 1 aromatic heterocycles. The van der Waals surface area contributed by atoms with Crippen LogP contribution in [0.2, 0.25) is 0 Å². The highest BCUT2D eigenvalue weighted by Gasteiger charge is 2.17. The molecule has 0 aliphatic heterocycles. The Balaban J connectivity index is 1.87. The van der Waals surface area contributed by atoms with E-state index in [4.69, 9.17) is 9.47 Å². The average Bonchev–Trinajstić information content (AvgIpc) is 3.01. The third-order valence-corrected chi connectivity index (χ3v) is 4.99. The Morgan fingerprint density at radius 1 is 1.30 bits per heavy atom. The summed E-state index contributed by atoms with van der Waals surface area (Å²) in [6, 6.07) is 7.07. The molecule has 0 fully saturated rings. The van der Waals surface area contributed by atoms with Crippen LogP contribution in [0.1, 0.15) is 20.3 Å². The third-order valence-electron chi connectivity index (χ3n) is 2.81. The summed E-state index contributed by atoms with van der Waals surface area (Å²) in [7, 11) is 1.60. The minimum atomic E-state index is -0.640. The Kier molecular flexibility index (Phi) is 6.66. The predicted octanol–water partition coefficient (Wildman–Crippen LogP) is 3.45. The maximum Gasteiger partial charge on any atom is 0.266 e. The Labute approximate surface area is 143 Å². The number of hydrogen-bond acceptors (Lipinski definition) is 7. The van der Waals surface area contributed by atoms with Crippen LogP contribution in [-0.4, -0.2) is 35.1 Å². The largest absolute Gasteiger partial charge is 0.497 e. The van der Waals surface area contributed by atoms with Gasteiger partial charge < -0.3 is 9.47 Å². The number of nitrogens with zero attached hydrogens (tertiary/aromatic N) is 2. The fourth-order valence-electron chi connectivity index (χ4n) is 1.63. The van der Waals surface area contributed by atoms with Gasteiger partial charge in [0.15, 0.2) is 10.4 Å². The minimum Gasteiger partial charge on any atom is -0.497 e. The van der Waals surface area contributed by atoms with Crippen LogP contribution in [0, 0.1) is 0 Å². The Morgan fingerprint density at radius 2 is 2.00 bits per heavy atom. The van der Waals surface area contributed by atoms with E-state index in [1.807, 2.05) is 0 Å². The van der Waals surface area contributed by atoms with Gasteiger partial charge in [-0.1, -0.05) is 30.0 Å². The van der Waals surface area contributed by atoms with Gasteiger partial charge in [0.05, 0.1) is 7.11 Å². The first kappa shape index (κ1) is 17.6. The SMILES string of the molecule is CCCSc1nnc(NC(=O)[C@@H](C)Oc2ccc(OC)cc2)s1. The van der Waals surface area contributed by atoms with E-state index >= 15 is 0 Å². The number of thioether (sulfide) groups is 1. The molecule has 124 valence electrons. The summed E-state index contributed by atoms with van der Waals surface area (Å²) in [6.45, 7) is 3.79. The molecular formula is C15H19N3O3S2. The molecule has 8 heteroatoms. The summed E-state index contributed by atoms with van der Waals surface area (Å²) >= 11 is 3.00. The van der Waals surface area contributed by atoms with Crippen LogP contribution in [0.25, 0.3) is 0 Å². The molecule has 0 radical (unpaired) electrons. The first-order valence-electron chi connectivity index (χ1n) is 7.20. The number of hydrogen-bond donors (Lipinski definition) is 1. The van der Waals surface area contributed by atoms with Crippen LogP contribution in [0.3, 0.4) is 0 Å². The molecule has 2 rings (SSSR count). The molecular weight excluding hydrogens is 334 g/mol. The normalized spacial score (nSPS) is 11.8. The van der Waals surface area contributed by atoms with E-state index in [-0.39, 0.29) is 5.91 Å². The van der Waals surface area contributed by atoms with Crippen LogP contribution in [0.15, 0.2) is 28.6 Å². The second-order valence-corrected chi connectivity index (χ2v) is 6.97. The Morgan fingerprint density at radius 3 is 2.65 bits per heavy atom. The number of carbonyl (C=O) groups excluding carboxylic acids is 1. The standard InChI is InChI=1S/C15H19N3O3S2/c1-4-9-22-15-18-17-14(23-15)16-13(19)10(2)21-12-7-5-11(20-3)6-8-12/h5-8,10H,4,9H2,1-3H3,(H,16,17,19)/t10-/m1/s1. The fraction of sp³-hybridized carbons (Fsp3) is 0.400. The van der Waals surface area contributed by atoms with Crippen molar-refractivity contribution in [2.24, 2.45) is 0 Å². The zero-order chi connectivity index (χ0) is 16.7. The lowest BCUT2D eigenvalue weighted by molar-refractivity contribution is -0.122. The molecule has 6 nitrogen and oxygen atoms in total. The lowest BCUT2D eigenvalue weighted by atomic mass is 10.3. The molecule has 0 unspecified atom stereocenters. The van der Waals surface area contributed by atoms with E-state index in [1.54, 1.807) is 50.1 Å². The summed E-state index contributed by atoms with van der Waals surface area (Å²) in [5.41, 5.74) is 0.